The Morgan fingerprint density at radius 3 is 2.74 bits per heavy atom. The van der Waals surface area contributed by atoms with E-state index in [0.717, 1.165) is 43.6 Å². The van der Waals surface area contributed by atoms with Crippen LogP contribution in [-0.2, 0) is 17.9 Å². The molecule has 0 N–H and O–H groups in total. The van der Waals surface area contributed by atoms with Gasteiger partial charge in [0.15, 0.2) is 0 Å². The van der Waals surface area contributed by atoms with Crippen LogP contribution in [0.5, 0.6) is 0 Å². The van der Waals surface area contributed by atoms with Gasteiger partial charge in [0.1, 0.15) is 5.76 Å². The number of rotatable bonds is 7. The van der Waals surface area contributed by atoms with Crippen molar-refractivity contribution in [3.05, 3.63) is 52.9 Å². The summed E-state index contributed by atoms with van der Waals surface area (Å²) in [6, 6.07) is 11.1. The van der Waals surface area contributed by atoms with E-state index in [0.29, 0.717) is 12.6 Å². The lowest BCUT2D eigenvalue weighted by Crippen LogP contribution is -2.45. The fourth-order valence-electron chi connectivity index (χ4n) is 4.58. The summed E-state index contributed by atoms with van der Waals surface area (Å²) in [4.78, 5) is 5.27. The average molecular weight is 370 g/mol. The van der Waals surface area contributed by atoms with Crippen molar-refractivity contribution in [2.24, 2.45) is 5.92 Å². The second-order valence-corrected chi connectivity index (χ2v) is 8.13. The molecule has 5 nitrogen and oxygen atoms in total. The fraction of sp³-hybridized carbons (Fsp3) is 0.591. The molecule has 3 aliphatic rings. The first-order chi connectivity index (χ1) is 13.2. The van der Waals surface area contributed by atoms with Gasteiger partial charge in [-0.2, -0.15) is 0 Å². The van der Waals surface area contributed by atoms with Gasteiger partial charge in [-0.05, 0) is 38.2 Å². The summed E-state index contributed by atoms with van der Waals surface area (Å²) in [5.41, 5.74) is 3.56. The summed E-state index contributed by atoms with van der Waals surface area (Å²) in [6.07, 6.45) is 2.66. The molecule has 27 heavy (non-hydrogen) atoms. The summed E-state index contributed by atoms with van der Waals surface area (Å²) < 4.78 is 11.3. The van der Waals surface area contributed by atoms with Crippen LogP contribution in [0.3, 0.4) is 0 Å². The van der Waals surface area contributed by atoms with Crippen LogP contribution in [0.25, 0.3) is 0 Å². The van der Waals surface area contributed by atoms with E-state index in [4.69, 9.17) is 9.26 Å². The molecule has 0 saturated carbocycles. The van der Waals surface area contributed by atoms with Gasteiger partial charge < -0.3 is 9.26 Å². The minimum Gasteiger partial charge on any atom is -0.375 e. The second kappa shape index (κ2) is 8.55. The molecular formula is C22H31N3O2. The molecule has 0 amide bonds. The van der Waals surface area contributed by atoms with Crippen LogP contribution in [0.15, 0.2) is 34.9 Å². The van der Waals surface area contributed by atoms with Crippen molar-refractivity contribution in [3.63, 3.8) is 0 Å². The number of benzene rings is 1. The molecule has 4 heterocycles. The van der Waals surface area contributed by atoms with Crippen molar-refractivity contribution in [1.29, 1.82) is 0 Å². The van der Waals surface area contributed by atoms with Gasteiger partial charge in [0, 0.05) is 44.3 Å². The predicted octanol–water partition coefficient (Wildman–Crippen LogP) is 3.40. The molecule has 3 saturated heterocycles. The Labute approximate surface area is 162 Å². The normalized spacial score (nSPS) is 23.6. The van der Waals surface area contributed by atoms with E-state index in [1.165, 1.54) is 37.1 Å². The molecule has 5 heteroatoms. The SMILES string of the molecule is Cc1noc(C)c1CN1C[C@@H]2CC[C@H](C1)N(CCOCc1ccccc1)C2. The molecule has 2 bridgehead atoms. The van der Waals surface area contributed by atoms with Gasteiger partial charge in [-0.15, -0.1) is 0 Å². The molecule has 0 unspecified atom stereocenters. The lowest BCUT2D eigenvalue weighted by Gasteiger charge is -2.36. The maximum atomic E-state index is 5.94. The highest BCUT2D eigenvalue weighted by atomic mass is 16.5. The minimum atomic E-state index is 0.643. The van der Waals surface area contributed by atoms with E-state index in [-0.39, 0.29) is 0 Å². The number of piperidine rings is 1. The van der Waals surface area contributed by atoms with Crippen molar-refractivity contribution < 1.29 is 9.26 Å². The largest absolute Gasteiger partial charge is 0.375 e. The molecule has 0 spiro atoms. The Morgan fingerprint density at radius 2 is 1.96 bits per heavy atom. The summed E-state index contributed by atoms with van der Waals surface area (Å²) in [6.45, 7) is 11.1. The first-order valence-electron chi connectivity index (χ1n) is 10.2. The molecule has 1 aromatic heterocycles. The van der Waals surface area contributed by atoms with E-state index < -0.39 is 0 Å². The van der Waals surface area contributed by atoms with Crippen LogP contribution in [0, 0.1) is 19.8 Å². The standard InChI is InChI=1S/C22H31N3O2/c1-17-22(18(2)27-23-17)15-24-12-20-8-9-21(14-24)25(13-20)10-11-26-16-19-6-4-3-5-7-19/h3-7,20-21H,8-16H2,1-2H3/t20-,21+/m0/s1. The Morgan fingerprint density at radius 1 is 1.11 bits per heavy atom. The van der Waals surface area contributed by atoms with Crippen LogP contribution in [0.2, 0.25) is 0 Å². The number of aryl methyl sites for hydroxylation is 2. The molecule has 2 atom stereocenters. The van der Waals surface area contributed by atoms with Crippen molar-refractivity contribution in [2.45, 2.75) is 45.9 Å². The van der Waals surface area contributed by atoms with Crippen LogP contribution in [0.4, 0.5) is 0 Å². The summed E-state index contributed by atoms with van der Waals surface area (Å²) in [7, 11) is 0. The second-order valence-electron chi connectivity index (χ2n) is 8.13. The number of aromatic nitrogens is 1. The van der Waals surface area contributed by atoms with Gasteiger partial charge in [-0.1, -0.05) is 35.5 Å². The molecule has 5 rings (SSSR count). The Balaban J connectivity index is 1.29. The van der Waals surface area contributed by atoms with E-state index in [2.05, 4.69) is 46.1 Å². The van der Waals surface area contributed by atoms with Gasteiger partial charge in [0.25, 0.3) is 0 Å². The van der Waals surface area contributed by atoms with Crippen molar-refractivity contribution in [1.82, 2.24) is 15.0 Å². The van der Waals surface area contributed by atoms with E-state index in [9.17, 15) is 0 Å². The maximum Gasteiger partial charge on any atom is 0.138 e. The van der Waals surface area contributed by atoms with Crippen LogP contribution < -0.4 is 0 Å². The van der Waals surface area contributed by atoms with Gasteiger partial charge >= 0.3 is 0 Å². The Kier molecular flexibility index (Phi) is 5.91. The lowest BCUT2D eigenvalue weighted by atomic mass is 9.95. The third-order valence-corrected chi connectivity index (χ3v) is 6.10. The van der Waals surface area contributed by atoms with Gasteiger partial charge in [-0.25, -0.2) is 0 Å². The number of fused-ring (bicyclic) bond motifs is 4. The van der Waals surface area contributed by atoms with Crippen molar-refractivity contribution in [2.75, 3.05) is 32.8 Å². The van der Waals surface area contributed by atoms with E-state index >= 15 is 0 Å². The van der Waals surface area contributed by atoms with Crippen LogP contribution in [0.1, 0.15) is 35.4 Å². The summed E-state index contributed by atoms with van der Waals surface area (Å²) >= 11 is 0. The number of hydrogen-bond donors (Lipinski definition) is 0. The number of hydrogen-bond acceptors (Lipinski definition) is 5. The number of nitrogens with zero attached hydrogens (tertiary/aromatic N) is 3. The van der Waals surface area contributed by atoms with Gasteiger partial charge in [0.05, 0.1) is 18.9 Å². The third kappa shape index (κ3) is 4.60. The fourth-order valence-corrected chi connectivity index (χ4v) is 4.58. The molecule has 3 fully saturated rings. The van der Waals surface area contributed by atoms with Gasteiger partial charge in [-0.3, -0.25) is 9.80 Å². The quantitative estimate of drug-likeness (QED) is 0.700. The molecule has 0 radical (unpaired) electrons. The Hall–Kier alpha value is -1.69. The zero-order chi connectivity index (χ0) is 18.6. The first-order valence-corrected chi connectivity index (χ1v) is 10.2. The third-order valence-electron chi connectivity index (χ3n) is 6.10. The smallest absolute Gasteiger partial charge is 0.138 e. The molecular weight excluding hydrogens is 338 g/mol. The highest BCUT2D eigenvalue weighted by Crippen LogP contribution is 2.29. The Bertz CT molecular complexity index is 711. The molecule has 0 aliphatic carbocycles. The van der Waals surface area contributed by atoms with Gasteiger partial charge in [0.2, 0.25) is 0 Å². The maximum absolute atomic E-state index is 5.94. The lowest BCUT2D eigenvalue weighted by molar-refractivity contribution is 0.0585. The van der Waals surface area contributed by atoms with E-state index in [1.807, 2.05) is 13.0 Å². The van der Waals surface area contributed by atoms with Crippen molar-refractivity contribution >= 4 is 0 Å². The van der Waals surface area contributed by atoms with Crippen LogP contribution >= 0.6 is 0 Å². The molecule has 2 aromatic rings. The minimum absolute atomic E-state index is 0.643. The zero-order valence-electron chi connectivity index (χ0n) is 16.6. The first kappa shape index (κ1) is 18.7. The molecule has 1 aromatic carbocycles. The van der Waals surface area contributed by atoms with Crippen LogP contribution in [-0.4, -0.2) is 53.8 Å². The molecule has 146 valence electrons. The summed E-state index contributed by atoms with van der Waals surface area (Å²) in [5, 5.41) is 4.12. The monoisotopic (exact) mass is 369 g/mol. The topological polar surface area (TPSA) is 41.7 Å². The summed E-state index contributed by atoms with van der Waals surface area (Å²) in [5.74, 6) is 1.73. The zero-order valence-corrected chi connectivity index (χ0v) is 16.6. The van der Waals surface area contributed by atoms with E-state index in [1.54, 1.807) is 0 Å². The highest BCUT2D eigenvalue weighted by molar-refractivity contribution is 5.20. The number of ether oxygens (including phenoxy) is 1. The predicted molar refractivity (Wildman–Crippen MR) is 105 cm³/mol. The molecule has 3 aliphatic heterocycles. The average Bonchev–Trinajstić information content (AvgIpc) is 2.86. The van der Waals surface area contributed by atoms with Crippen molar-refractivity contribution in [3.8, 4) is 0 Å². The highest BCUT2D eigenvalue weighted by Gasteiger charge is 2.34.